The van der Waals surface area contributed by atoms with Crippen LogP contribution < -0.4 is 10.2 Å². The van der Waals surface area contributed by atoms with E-state index in [1.165, 1.54) is 11.3 Å². The number of anilines is 2. The monoisotopic (exact) mass is 443 g/mol. The molecule has 3 amide bonds. The number of fused-ring (bicyclic) bond motifs is 4. The molecule has 1 saturated heterocycles. The van der Waals surface area contributed by atoms with Crippen LogP contribution in [-0.2, 0) is 9.59 Å². The Morgan fingerprint density at radius 3 is 2.82 bits per heavy atom. The molecule has 3 aliphatic rings. The van der Waals surface area contributed by atoms with Crippen LogP contribution in [0.4, 0.5) is 11.4 Å². The first-order chi connectivity index (χ1) is 15.9. The van der Waals surface area contributed by atoms with Gasteiger partial charge in [0.1, 0.15) is 18.0 Å². The van der Waals surface area contributed by atoms with Gasteiger partial charge in [0, 0.05) is 18.0 Å². The topological polar surface area (TPSA) is 98.4 Å². The smallest absolute Gasteiger partial charge is 0.258 e. The molecule has 2 N–H and O–H groups in total. The van der Waals surface area contributed by atoms with Crippen molar-refractivity contribution in [3.63, 3.8) is 0 Å². The fourth-order valence-corrected chi connectivity index (χ4v) is 5.27. The molecule has 168 valence electrons. The van der Waals surface area contributed by atoms with E-state index in [0.717, 1.165) is 29.7 Å². The van der Waals surface area contributed by atoms with Crippen molar-refractivity contribution in [1.82, 2.24) is 14.9 Å². The van der Waals surface area contributed by atoms with Gasteiger partial charge in [-0.15, -0.1) is 0 Å². The highest BCUT2D eigenvalue weighted by Gasteiger charge is 2.53. The van der Waals surface area contributed by atoms with Gasteiger partial charge in [-0.3, -0.25) is 19.3 Å². The summed E-state index contributed by atoms with van der Waals surface area (Å²) in [6, 6.07) is 12.7. The number of amides is 3. The quantitative estimate of drug-likeness (QED) is 0.641. The van der Waals surface area contributed by atoms with Crippen LogP contribution in [0.2, 0.25) is 0 Å². The summed E-state index contributed by atoms with van der Waals surface area (Å²) in [5.74, 6) is 0.942. The van der Waals surface area contributed by atoms with Crippen LogP contribution in [0, 0.1) is 0 Å². The summed E-state index contributed by atoms with van der Waals surface area (Å²) in [5, 5.41) is 2.92. The second-order valence-electron chi connectivity index (χ2n) is 9.38. The van der Waals surface area contributed by atoms with Crippen molar-refractivity contribution in [1.29, 1.82) is 0 Å². The molecular weight excluding hydrogens is 418 g/mol. The Morgan fingerprint density at radius 2 is 2.03 bits per heavy atom. The number of carbonyl (C=O) groups excluding carboxylic acids is 3. The van der Waals surface area contributed by atoms with Crippen molar-refractivity contribution in [3.05, 3.63) is 53.9 Å². The zero-order valence-corrected chi connectivity index (χ0v) is 18.4. The molecule has 3 aromatic rings. The van der Waals surface area contributed by atoms with Gasteiger partial charge >= 0.3 is 0 Å². The lowest BCUT2D eigenvalue weighted by Gasteiger charge is -2.48. The van der Waals surface area contributed by atoms with Crippen LogP contribution in [0.3, 0.4) is 0 Å². The molecule has 1 aromatic heterocycles. The normalized spacial score (nSPS) is 22.3. The van der Waals surface area contributed by atoms with Crippen LogP contribution in [0.15, 0.2) is 42.5 Å². The third kappa shape index (κ3) is 3.04. The summed E-state index contributed by atoms with van der Waals surface area (Å²) >= 11 is 0. The Bertz CT molecular complexity index is 1310. The average Bonchev–Trinajstić information content (AvgIpc) is 3.30. The number of H-pyrrole nitrogens is 1. The van der Waals surface area contributed by atoms with Gasteiger partial charge in [0.15, 0.2) is 0 Å². The first-order valence-electron chi connectivity index (χ1n) is 11.5. The van der Waals surface area contributed by atoms with Gasteiger partial charge in [-0.2, -0.15) is 0 Å². The van der Waals surface area contributed by atoms with Crippen molar-refractivity contribution >= 4 is 40.1 Å². The Hall–Kier alpha value is -3.68. The van der Waals surface area contributed by atoms with E-state index >= 15 is 0 Å². The summed E-state index contributed by atoms with van der Waals surface area (Å²) < 4.78 is 0. The summed E-state index contributed by atoms with van der Waals surface area (Å²) in [7, 11) is 0. The first-order valence-corrected chi connectivity index (χ1v) is 11.5. The minimum atomic E-state index is -0.856. The van der Waals surface area contributed by atoms with Crippen LogP contribution in [-0.4, -0.2) is 44.8 Å². The lowest BCUT2D eigenvalue weighted by molar-refractivity contribution is -0.120. The molecule has 1 atom stereocenters. The van der Waals surface area contributed by atoms with E-state index in [1.807, 2.05) is 31.2 Å². The maximum absolute atomic E-state index is 13.3. The van der Waals surface area contributed by atoms with Gasteiger partial charge < -0.3 is 15.2 Å². The molecule has 8 nitrogen and oxygen atoms in total. The second-order valence-corrected chi connectivity index (χ2v) is 9.38. The van der Waals surface area contributed by atoms with Crippen molar-refractivity contribution < 1.29 is 14.4 Å². The van der Waals surface area contributed by atoms with Crippen LogP contribution in [0.25, 0.3) is 11.0 Å². The number of nitrogens with one attached hydrogen (secondary N) is 2. The lowest BCUT2D eigenvalue weighted by atomic mass is 9.85. The zero-order chi connectivity index (χ0) is 22.7. The van der Waals surface area contributed by atoms with E-state index in [1.54, 1.807) is 23.1 Å². The van der Waals surface area contributed by atoms with Crippen LogP contribution >= 0.6 is 0 Å². The fourth-order valence-electron chi connectivity index (χ4n) is 5.27. The zero-order valence-electron chi connectivity index (χ0n) is 18.4. The number of rotatable bonds is 4. The number of aromatic nitrogens is 2. The van der Waals surface area contributed by atoms with E-state index in [0.29, 0.717) is 35.7 Å². The van der Waals surface area contributed by atoms with Gasteiger partial charge in [0.25, 0.3) is 5.91 Å². The highest BCUT2D eigenvalue weighted by molar-refractivity contribution is 6.11. The van der Waals surface area contributed by atoms with E-state index in [-0.39, 0.29) is 24.3 Å². The summed E-state index contributed by atoms with van der Waals surface area (Å²) in [5.41, 5.74) is 2.62. The molecule has 2 fully saturated rings. The summed E-state index contributed by atoms with van der Waals surface area (Å²) in [6.45, 7) is 1.72. The van der Waals surface area contributed by atoms with Crippen LogP contribution in [0.1, 0.15) is 61.1 Å². The Balaban J connectivity index is 1.25. The summed E-state index contributed by atoms with van der Waals surface area (Å²) in [4.78, 5) is 50.3. The van der Waals surface area contributed by atoms with E-state index in [9.17, 15) is 14.4 Å². The van der Waals surface area contributed by atoms with E-state index in [4.69, 9.17) is 0 Å². The number of nitrogens with zero attached hydrogens (tertiary/aromatic N) is 3. The fraction of sp³-hybridized carbons (Fsp3) is 0.360. The van der Waals surface area contributed by atoms with Gasteiger partial charge in [-0.05, 0) is 56.5 Å². The maximum Gasteiger partial charge on any atom is 0.258 e. The predicted octanol–water partition coefficient (Wildman–Crippen LogP) is 3.77. The van der Waals surface area contributed by atoms with Gasteiger partial charge in [0.05, 0.1) is 22.3 Å². The van der Waals surface area contributed by atoms with Gasteiger partial charge in [-0.25, -0.2) is 4.98 Å². The maximum atomic E-state index is 13.3. The third-order valence-corrected chi connectivity index (χ3v) is 7.32. The number of para-hydroxylation sites is 1. The van der Waals surface area contributed by atoms with E-state index in [2.05, 4.69) is 15.3 Å². The number of aromatic amines is 1. The number of benzene rings is 2. The molecule has 2 aliphatic heterocycles. The first kappa shape index (κ1) is 20.0. The number of hydrogen-bond acceptors (Lipinski definition) is 4. The molecule has 0 radical (unpaired) electrons. The standard InChI is InChI=1S/C25H25N5O3/c1-25-12-11-22(32)30(25)20-8-3-2-7-17(20)24(33)29(25)14-21(31)26-16-9-10-18-19(13-16)28-23(27-18)15-5-4-6-15/h2-3,7-10,13,15H,4-6,11-12,14H2,1H3,(H,26,31)(H,27,28). The molecule has 0 spiro atoms. The molecule has 1 aliphatic carbocycles. The molecule has 8 heteroatoms. The molecule has 2 aromatic carbocycles. The molecule has 1 unspecified atom stereocenters. The van der Waals surface area contributed by atoms with E-state index < -0.39 is 5.66 Å². The molecular formula is C25H25N5O3. The molecule has 0 bridgehead atoms. The third-order valence-electron chi connectivity index (χ3n) is 7.32. The Labute approximate surface area is 191 Å². The average molecular weight is 444 g/mol. The van der Waals surface area contributed by atoms with Crippen molar-refractivity contribution in [2.24, 2.45) is 0 Å². The molecule has 33 heavy (non-hydrogen) atoms. The van der Waals surface area contributed by atoms with Crippen molar-refractivity contribution in [3.8, 4) is 0 Å². The Kier molecular flexibility index (Phi) is 4.33. The lowest BCUT2D eigenvalue weighted by Crippen LogP contribution is -2.63. The number of imidazole rings is 1. The second kappa shape index (κ2) is 7.16. The van der Waals surface area contributed by atoms with Crippen LogP contribution in [0.5, 0.6) is 0 Å². The largest absolute Gasteiger partial charge is 0.342 e. The predicted molar refractivity (Wildman–Crippen MR) is 124 cm³/mol. The van der Waals surface area contributed by atoms with Crippen molar-refractivity contribution in [2.75, 3.05) is 16.8 Å². The van der Waals surface area contributed by atoms with Crippen molar-refractivity contribution in [2.45, 2.75) is 50.6 Å². The van der Waals surface area contributed by atoms with Gasteiger partial charge in [-0.1, -0.05) is 18.6 Å². The number of carbonyl (C=O) groups is 3. The highest BCUT2D eigenvalue weighted by Crippen LogP contribution is 2.44. The number of hydrogen-bond donors (Lipinski definition) is 2. The highest BCUT2D eigenvalue weighted by atomic mass is 16.2. The van der Waals surface area contributed by atoms with Gasteiger partial charge in [0.2, 0.25) is 11.8 Å². The molecule has 3 heterocycles. The minimum absolute atomic E-state index is 0.0326. The Morgan fingerprint density at radius 1 is 1.21 bits per heavy atom. The SMILES string of the molecule is CC12CCC(=O)N1c1ccccc1C(=O)N2CC(=O)Nc1ccc2nc(C3CCC3)[nH]c2c1. The molecule has 6 rings (SSSR count). The molecule has 1 saturated carbocycles. The summed E-state index contributed by atoms with van der Waals surface area (Å²) in [6.07, 6.45) is 4.40. The minimum Gasteiger partial charge on any atom is -0.342 e.